The van der Waals surface area contributed by atoms with E-state index in [1.165, 1.54) is 0 Å². The zero-order valence-corrected chi connectivity index (χ0v) is 12.8. The predicted molar refractivity (Wildman–Crippen MR) is 83.3 cm³/mol. The van der Waals surface area contributed by atoms with Crippen LogP contribution in [0, 0.1) is 0 Å². The number of carbonyl (C=O) groups is 1. The Morgan fingerprint density at radius 1 is 1.38 bits per heavy atom. The molecule has 0 saturated heterocycles. The molecule has 0 fully saturated rings. The summed E-state index contributed by atoms with van der Waals surface area (Å²) in [6, 6.07) is 8.38. The van der Waals surface area contributed by atoms with Gasteiger partial charge in [0, 0.05) is 37.7 Å². The summed E-state index contributed by atoms with van der Waals surface area (Å²) >= 11 is 0. The minimum atomic E-state index is 0.111. The third-order valence-corrected chi connectivity index (χ3v) is 3.66. The molecule has 0 aliphatic rings. The maximum atomic E-state index is 11.8. The number of hydrogen-bond acceptors (Lipinski definition) is 3. The number of imidazole rings is 1. The van der Waals surface area contributed by atoms with Gasteiger partial charge in [0.25, 0.3) is 0 Å². The van der Waals surface area contributed by atoms with Crippen LogP contribution in [0.15, 0.2) is 43.0 Å². The highest BCUT2D eigenvalue weighted by Gasteiger charge is 2.10. The molecule has 1 heterocycles. The van der Waals surface area contributed by atoms with Gasteiger partial charge >= 0.3 is 0 Å². The Labute approximate surface area is 125 Å². The summed E-state index contributed by atoms with van der Waals surface area (Å²) in [7, 11) is 1.81. The second kappa shape index (κ2) is 7.04. The summed E-state index contributed by atoms with van der Waals surface area (Å²) in [6.45, 7) is 5.12. The van der Waals surface area contributed by atoms with Crippen molar-refractivity contribution in [2.24, 2.45) is 0 Å². The van der Waals surface area contributed by atoms with Crippen LogP contribution in [0.5, 0.6) is 0 Å². The van der Waals surface area contributed by atoms with E-state index in [9.17, 15) is 4.79 Å². The lowest BCUT2D eigenvalue weighted by Crippen LogP contribution is -2.36. The van der Waals surface area contributed by atoms with Crippen molar-refractivity contribution in [3.8, 4) is 5.69 Å². The quantitative estimate of drug-likeness (QED) is 0.883. The van der Waals surface area contributed by atoms with Gasteiger partial charge in [-0.2, -0.15) is 0 Å². The highest BCUT2D eigenvalue weighted by atomic mass is 16.2. The number of carbonyl (C=O) groups excluding carboxylic acids is 1. The number of nitrogens with zero attached hydrogens (tertiary/aromatic N) is 3. The lowest BCUT2D eigenvalue weighted by molar-refractivity contribution is -0.128. The van der Waals surface area contributed by atoms with E-state index in [0.717, 1.165) is 17.8 Å². The van der Waals surface area contributed by atoms with Gasteiger partial charge in [-0.1, -0.05) is 12.1 Å². The first kappa shape index (κ1) is 15.3. The number of hydrogen-bond donors (Lipinski definition) is 1. The first-order valence-corrected chi connectivity index (χ1v) is 7.17. The minimum absolute atomic E-state index is 0.111. The van der Waals surface area contributed by atoms with Gasteiger partial charge in [-0.3, -0.25) is 4.79 Å². The third-order valence-electron chi connectivity index (χ3n) is 3.66. The van der Waals surface area contributed by atoms with Gasteiger partial charge < -0.3 is 14.8 Å². The third kappa shape index (κ3) is 3.92. The molecule has 1 aromatic carbocycles. The SMILES string of the molecule is CCN(C)C(=O)CNC(C)c1ccc(-n2ccnc2)cc1. The highest BCUT2D eigenvalue weighted by Crippen LogP contribution is 2.15. The standard InChI is InChI=1S/C16H22N4O/c1-4-19(3)16(21)11-18-13(2)14-5-7-15(8-6-14)20-10-9-17-12-20/h5-10,12-13,18H,4,11H2,1-3H3. The maximum absolute atomic E-state index is 11.8. The summed E-state index contributed by atoms with van der Waals surface area (Å²) < 4.78 is 1.96. The highest BCUT2D eigenvalue weighted by molar-refractivity contribution is 5.77. The molecule has 1 aromatic heterocycles. The average Bonchev–Trinajstić information content (AvgIpc) is 3.06. The van der Waals surface area contributed by atoms with Crippen LogP contribution in [0.3, 0.4) is 0 Å². The summed E-state index contributed by atoms with van der Waals surface area (Å²) in [6.07, 6.45) is 5.44. The minimum Gasteiger partial charge on any atom is -0.345 e. The number of amides is 1. The lowest BCUT2D eigenvalue weighted by atomic mass is 10.1. The number of rotatable bonds is 6. The van der Waals surface area contributed by atoms with Crippen molar-refractivity contribution in [1.29, 1.82) is 0 Å². The van der Waals surface area contributed by atoms with Crippen molar-refractivity contribution < 1.29 is 4.79 Å². The Kier molecular flexibility index (Phi) is 5.11. The van der Waals surface area contributed by atoms with Gasteiger partial charge in [0.1, 0.15) is 0 Å². The van der Waals surface area contributed by atoms with E-state index in [0.29, 0.717) is 6.54 Å². The van der Waals surface area contributed by atoms with Gasteiger partial charge in [-0.05, 0) is 31.5 Å². The van der Waals surface area contributed by atoms with Gasteiger partial charge in [0.2, 0.25) is 5.91 Å². The lowest BCUT2D eigenvalue weighted by Gasteiger charge is -2.18. The molecule has 1 unspecified atom stereocenters. The molecule has 0 radical (unpaired) electrons. The van der Waals surface area contributed by atoms with Gasteiger partial charge in [0.05, 0.1) is 12.9 Å². The molecule has 1 atom stereocenters. The molecular formula is C16H22N4O. The van der Waals surface area contributed by atoms with E-state index in [1.54, 1.807) is 17.4 Å². The van der Waals surface area contributed by atoms with Crippen molar-refractivity contribution in [3.63, 3.8) is 0 Å². The summed E-state index contributed by atoms with van der Waals surface area (Å²) in [5, 5.41) is 3.26. The van der Waals surface area contributed by atoms with E-state index < -0.39 is 0 Å². The fraction of sp³-hybridized carbons (Fsp3) is 0.375. The largest absolute Gasteiger partial charge is 0.345 e. The van der Waals surface area contributed by atoms with E-state index in [2.05, 4.69) is 41.5 Å². The molecule has 0 saturated carbocycles. The van der Waals surface area contributed by atoms with Gasteiger partial charge in [0.15, 0.2) is 0 Å². The van der Waals surface area contributed by atoms with Crippen LogP contribution in [0.2, 0.25) is 0 Å². The fourth-order valence-corrected chi connectivity index (χ4v) is 2.02. The Morgan fingerprint density at radius 3 is 2.67 bits per heavy atom. The van der Waals surface area contributed by atoms with Crippen LogP contribution in [0.4, 0.5) is 0 Å². The van der Waals surface area contributed by atoms with Crippen LogP contribution < -0.4 is 5.32 Å². The van der Waals surface area contributed by atoms with Crippen molar-refractivity contribution in [2.75, 3.05) is 20.1 Å². The van der Waals surface area contributed by atoms with Crippen LogP contribution in [0.1, 0.15) is 25.5 Å². The monoisotopic (exact) mass is 286 g/mol. The van der Waals surface area contributed by atoms with E-state index in [-0.39, 0.29) is 11.9 Å². The van der Waals surface area contributed by atoms with Crippen LogP contribution in [-0.2, 0) is 4.79 Å². The van der Waals surface area contributed by atoms with Crippen molar-refractivity contribution in [3.05, 3.63) is 48.5 Å². The summed E-state index contributed by atoms with van der Waals surface area (Å²) in [5.74, 6) is 0.111. The molecule has 112 valence electrons. The normalized spacial score (nSPS) is 12.1. The molecular weight excluding hydrogens is 264 g/mol. The maximum Gasteiger partial charge on any atom is 0.236 e. The Bertz CT molecular complexity index is 562. The molecule has 21 heavy (non-hydrogen) atoms. The number of benzene rings is 1. The van der Waals surface area contributed by atoms with Crippen LogP contribution >= 0.6 is 0 Å². The molecule has 0 aliphatic carbocycles. The van der Waals surface area contributed by atoms with Crippen molar-refractivity contribution >= 4 is 5.91 Å². The van der Waals surface area contributed by atoms with E-state index in [4.69, 9.17) is 0 Å². The molecule has 1 amide bonds. The second-order valence-corrected chi connectivity index (χ2v) is 5.07. The average molecular weight is 286 g/mol. The van der Waals surface area contributed by atoms with E-state index in [1.807, 2.05) is 24.7 Å². The van der Waals surface area contributed by atoms with Gasteiger partial charge in [-0.15, -0.1) is 0 Å². The summed E-state index contributed by atoms with van der Waals surface area (Å²) in [4.78, 5) is 17.5. The van der Waals surface area contributed by atoms with Crippen LogP contribution in [-0.4, -0.2) is 40.5 Å². The fourth-order valence-electron chi connectivity index (χ4n) is 2.02. The molecule has 1 N–H and O–H groups in total. The first-order chi connectivity index (χ1) is 10.1. The Balaban J connectivity index is 1.94. The topological polar surface area (TPSA) is 50.2 Å². The van der Waals surface area contributed by atoms with Crippen molar-refractivity contribution in [2.45, 2.75) is 19.9 Å². The zero-order chi connectivity index (χ0) is 15.2. The molecule has 5 heteroatoms. The molecule has 2 rings (SSSR count). The zero-order valence-electron chi connectivity index (χ0n) is 12.8. The van der Waals surface area contributed by atoms with E-state index >= 15 is 0 Å². The first-order valence-electron chi connectivity index (χ1n) is 7.17. The number of nitrogens with one attached hydrogen (secondary N) is 1. The Hall–Kier alpha value is -2.14. The van der Waals surface area contributed by atoms with Crippen molar-refractivity contribution in [1.82, 2.24) is 19.8 Å². The summed E-state index contributed by atoms with van der Waals surface area (Å²) in [5.41, 5.74) is 2.23. The van der Waals surface area contributed by atoms with Crippen LogP contribution in [0.25, 0.3) is 5.69 Å². The van der Waals surface area contributed by atoms with Gasteiger partial charge in [-0.25, -0.2) is 4.98 Å². The molecule has 2 aromatic rings. The molecule has 5 nitrogen and oxygen atoms in total. The predicted octanol–water partition coefficient (Wildman–Crippen LogP) is 2.00. The second-order valence-electron chi connectivity index (χ2n) is 5.07. The molecule has 0 bridgehead atoms. The molecule has 0 spiro atoms. The number of likely N-dealkylation sites (N-methyl/N-ethyl adjacent to an activating group) is 1. The Morgan fingerprint density at radius 2 is 2.10 bits per heavy atom. The molecule has 0 aliphatic heterocycles. The smallest absolute Gasteiger partial charge is 0.236 e. The number of aromatic nitrogens is 2.